The van der Waals surface area contributed by atoms with Crippen LogP contribution in [0.15, 0.2) is 41.3 Å². The zero-order valence-electron chi connectivity index (χ0n) is 15.3. The number of aryl methyl sites for hydroxylation is 2. The Hall–Kier alpha value is -2.67. The van der Waals surface area contributed by atoms with Crippen LogP contribution in [0.25, 0.3) is 0 Å². The third kappa shape index (κ3) is 4.70. The smallest absolute Gasteiger partial charge is 0.268 e. The quantitative estimate of drug-likeness (QED) is 0.847. The lowest BCUT2D eigenvalue weighted by Crippen LogP contribution is -2.49. The predicted octanol–water partition coefficient (Wildman–Crippen LogP) is 0.527. The predicted molar refractivity (Wildman–Crippen MR) is 101 cm³/mol. The Labute approximate surface area is 153 Å². The van der Waals surface area contributed by atoms with Gasteiger partial charge in [0, 0.05) is 45.8 Å². The molecular formula is C19H25N5O2. The van der Waals surface area contributed by atoms with E-state index in [0.717, 1.165) is 37.4 Å². The molecule has 1 fully saturated rings. The maximum absolute atomic E-state index is 12.2. The molecule has 2 aromatic rings. The van der Waals surface area contributed by atoms with Gasteiger partial charge >= 0.3 is 0 Å². The first-order valence-electron chi connectivity index (χ1n) is 8.84. The largest absolute Gasteiger partial charge is 0.368 e. The fourth-order valence-corrected chi connectivity index (χ4v) is 2.96. The van der Waals surface area contributed by atoms with Crippen molar-refractivity contribution in [1.82, 2.24) is 20.0 Å². The molecule has 0 spiro atoms. The summed E-state index contributed by atoms with van der Waals surface area (Å²) < 4.78 is 1.32. The average molecular weight is 355 g/mol. The number of carbonyl (C=O) groups excluding carboxylic acids is 1. The van der Waals surface area contributed by atoms with E-state index in [2.05, 4.69) is 20.2 Å². The number of nitrogens with one attached hydrogen (secondary N) is 1. The molecule has 0 saturated carbocycles. The lowest BCUT2D eigenvalue weighted by atomic mass is 10.1. The molecule has 0 radical (unpaired) electrons. The molecular weight excluding hydrogens is 330 g/mol. The maximum atomic E-state index is 12.2. The molecule has 26 heavy (non-hydrogen) atoms. The first-order chi connectivity index (χ1) is 12.5. The standard InChI is InChI=1S/C19H25N5O2/c1-15-3-5-16(6-4-15)12-20-18(25)14-23-7-9-24(10-8-23)17-11-19(26)22(2)21-13-17/h3-6,11,13H,7-10,12,14H2,1-2H3,(H,20,25). The minimum atomic E-state index is -0.111. The van der Waals surface area contributed by atoms with E-state index in [4.69, 9.17) is 0 Å². The Morgan fingerprint density at radius 1 is 1.15 bits per heavy atom. The van der Waals surface area contributed by atoms with Gasteiger partial charge in [0.25, 0.3) is 5.56 Å². The second-order valence-corrected chi connectivity index (χ2v) is 6.70. The van der Waals surface area contributed by atoms with E-state index >= 15 is 0 Å². The molecule has 0 unspecified atom stereocenters. The summed E-state index contributed by atoms with van der Waals surface area (Å²) in [4.78, 5) is 28.1. The van der Waals surface area contributed by atoms with Crippen LogP contribution >= 0.6 is 0 Å². The highest BCUT2D eigenvalue weighted by Crippen LogP contribution is 2.12. The van der Waals surface area contributed by atoms with E-state index in [1.807, 2.05) is 31.2 Å². The van der Waals surface area contributed by atoms with Crippen LogP contribution in [0, 0.1) is 6.92 Å². The summed E-state index contributed by atoms with van der Waals surface area (Å²) in [6.45, 7) is 6.12. The van der Waals surface area contributed by atoms with E-state index < -0.39 is 0 Å². The normalized spacial score (nSPS) is 15.1. The van der Waals surface area contributed by atoms with Crippen molar-refractivity contribution >= 4 is 11.6 Å². The Kier molecular flexibility index (Phi) is 5.68. The van der Waals surface area contributed by atoms with Gasteiger partial charge in [0.05, 0.1) is 18.4 Å². The Balaban J connectivity index is 1.44. The minimum absolute atomic E-state index is 0.0364. The number of hydrogen-bond acceptors (Lipinski definition) is 5. The average Bonchev–Trinajstić information content (AvgIpc) is 2.64. The van der Waals surface area contributed by atoms with Crippen LogP contribution in [-0.2, 0) is 18.4 Å². The van der Waals surface area contributed by atoms with Crippen LogP contribution in [-0.4, -0.2) is 53.3 Å². The Morgan fingerprint density at radius 2 is 1.85 bits per heavy atom. The maximum Gasteiger partial charge on any atom is 0.268 e. The van der Waals surface area contributed by atoms with Crippen molar-refractivity contribution in [2.24, 2.45) is 7.05 Å². The lowest BCUT2D eigenvalue weighted by Gasteiger charge is -2.35. The monoisotopic (exact) mass is 355 g/mol. The number of rotatable bonds is 5. The first kappa shape index (κ1) is 18.1. The molecule has 1 saturated heterocycles. The van der Waals surface area contributed by atoms with Crippen molar-refractivity contribution in [3.05, 3.63) is 58.0 Å². The van der Waals surface area contributed by atoms with Crippen molar-refractivity contribution in [3.63, 3.8) is 0 Å². The highest BCUT2D eigenvalue weighted by molar-refractivity contribution is 5.78. The molecule has 1 aromatic heterocycles. The summed E-state index contributed by atoms with van der Waals surface area (Å²) in [6, 6.07) is 9.77. The van der Waals surface area contributed by atoms with E-state index in [1.54, 1.807) is 19.3 Å². The van der Waals surface area contributed by atoms with Crippen molar-refractivity contribution < 1.29 is 4.79 Å². The Bertz CT molecular complexity index is 807. The van der Waals surface area contributed by atoms with Crippen LogP contribution in [0.2, 0.25) is 0 Å². The first-order valence-corrected chi connectivity index (χ1v) is 8.84. The number of hydrogen-bond donors (Lipinski definition) is 1. The number of carbonyl (C=O) groups is 1. The topological polar surface area (TPSA) is 70.5 Å². The molecule has 2 heterocycles. The van der Waals surface area contributed by atoms with Gasteiger partial charge in [-0.05, 0) is 12.5 Å². The van der Waals surface area contributed by atoms with Crippen molar-refractivity contribution in [3.8, 4) is 0 Å². The third-order valence-electron chi connectivity index (χ3n) is 4.67. The third-order valence-corrected chi connectivity index (χ3v) is 4.67. The summed E-state index contributed by atoms with van der Waals surface area (Å²) >= 11 is 0. The highest BCUT2D eigenvalue weighted by atomic mass is 16.2. The van der Waals surface area contributed by atoms with Gasteiger partial charge in [-0.1, -0.05) is 29.8 Å². The number of aromatic nitrogens is 2. The fraction of sp³-hybridized carbons (Fsp3) is 0.421. The zero-order valence-corrected chi connectivity index (χ0v) is 15.3. The van der Waals surface area contributed by atoms with E-state index in [-0.39, 0.29) is 11.5 Å². The number of amides is 1. The van der Waals surface area contributed by atoms with Gasteiger partial charge in [0.2, 0.25) is 5.91 Å². The molecule has 3 rings (SSSR count). The fourth-order valence-electron chi connectivity index (χ4n) is 2.96. The molecule has 7 nitrogen and oxygen atoms in total. The second kappa shape index (κ2) is 8.14. The lowest BCUT2D eigenvalue weighted by molar-refractivity contribution is -0.122. The molecule has 1 aliphatic heterocycles. The van der Waals surface area contributed by atoms with E-state index in [1.165, 1.54) is 10.2 Å². The van der Waals surface area contributed by atoms with Gasteiger partial charge in [0.1, 0.15) is 0 Å². The van der Waals surface area contributed by atoms with E-state index in [9.17, 15) is 9.59 Å². The number of piperazine rings is 1. The van der Waals surface area contributed by atoms with Crippen molar-refractivity contribution in [2.75, 3.05) is 37.6 Å². The summed E-state index contributed by atoms with van der Waals surface area (Å²) in [5, 5.41) is 7.04. The van der Waals surface area contributed by atoms with Crippen LogP contribution in [0.5, 0.6) is 0 Å². The van der Waals surface area contributed by atoms with Crippen LogP contribution < -0.4 is 15.8 Å². The van der Waals surface area contributed by atoms with Gasteiger partial charge in [-0.2, -0.15) is 5.10 Å². The van der Waals surface area contributed by atoms with Gasteiger partial charge in [-0.3, -0.25) is 14.5 Å². The van der Waals surface area contributed by atoms with Crippen molar-refractivity contribution in [2.45, 2.75) is 13.5 Å². The highest BCUT2D eigenvalue weighted by Gasteiger charge is 2.19. The van der Waals surface area contributed by atoms with Crippen LogP contribution in [0.3, 0.4) is 0 Å². The molecule has 1 N–H and O–H groups in total. The molecule has 0 bridgehead atoms. The number of benzene rings is 1. The molecule has 0 aliphatic carbocycles. The minimum Gasteiger partial charge on any atom is -0.368 e. The molecule has 1 aromatic carbocycles. The van der Waals surface area contributed by atoms with Gasteiger partial charge in [0.15, 0.2) is 0 Å². The number of nitrogens with zero attached hydrogens (tertiary/aromatic N) is 4. The summed E-state index contributed by atoms with van der Waals surface area (Å²) in [5.74, 6) is 0.0364. The Morgan fingerprint density at radius 3 is 2.50 bits per heavy atom. The van der Waals surface area contributed by atoms with Gasteiger partial charge in [-0.25, -0.2) is 4.68 Å². The van der Waals surface area contributed by atoms with Crippen LogP contribution in [0.4, 0.5) is 5.69 Å². The van der Waals surface area contributed by atoms with Crippen molar-refractivity contribution in [1.29, 1.82) is 0 Å². The van der Waals surface area contributed by atoms with E-state index in [0.29, 0.717) is 13.1 Å². The van der Waals surface area contributed by atoms with Crippen LogP contribution in [0.1, 0.15) is 11.1 Å². The SMILES string of the molecule is Cc1ccc(CNC(=O)CN2CCN(c3cnn(C)c(=O)c3)CC2)cc1. The molecule has 1 amide bonds. The molecule has 138 valence electrons. The van der Waals surface area contributed by atoms with Gasteiger partial charge in [-0.15, -0.1) is 0 Å². The molecule has 1 aliphatic rings. The summed E-state index contributed by atoms with van der Waals surface area (Å²) in [6.07, 6.45) is 1.71. The zero-order chi connectivity index (χ0) is 18.5. The second-order valence-electron chi connectivity index (χ2n) is 6.70. The summed E-state index contributed by atoms with van der Waals surface area (Å²) in [5.41, 5.74) is 3.05. The van der Waals surface area contributed by atoms with Gasteiger partial charge < -0.3 is 10.2 Å². The summed E-state index contributed by atoms with van der Waals surface area (Å²) in [7, 11) is 1.64. The number of anilines is 1. The molecule has 0 atom stereocenters. The molecule has 7 heteroatoms.